The minimum atomic E-state index is -3.03. The van der Waals surface area contributed by atoms with Crippen molar-refractivity contribution in [2.75, 3.05) is 30.5 Å². The highest BCUT2D eigenvalue weighted by Gasteiger charge is 2.38. The highest BCUT2D eigenvalue weighted by molar-refractivity contribution is 7.91. The van der Waals surface area contributed by atoms with Gasteiger partial charge < -0.3 is 15.0 Å². The lowest BCUT2D eigenvalue weighted by Crippen LogP contribution is -2.50. The van der Waals surface area contributed by atoms with Crippen LogP contribution in [-0.2, 0) is 19.4 Å². The quantitative estimate of drug-likeness (QED) is 0.750. The standard InChI is InChI=1S/C21H32N2O4S/c1-16(27-2)17-7-6-8-18(13-17)22-14-21(24)23(19-9-4-3-5-10-19)20-11-12-28(25,26)15-20/h6-8,13,16,19-20,22H,3-5,9-12,14-15H2,1-2H3. The lowest BCUT2D eigenvalue weighted by Gasteiger charge is -2.38. The molecule has 0 aromatic heterocycles. The van der Waals surface area contributed by atoms with Crippen LogP contribution < -0.4 is 5.32 Å². The van der Waals surface area contributed by atoms with Gasteiger partial charge in [-0.1, -0.05) is 31.4 Å². The van der Waals surface area contributed by atoms with Gasteiger partial charge in [0.15, 0.2) is 9.84 Å². The Labute approximate surface area is 168 Å². The number of nitrogens with one attached hydrogen (secondary N) is 1. The van der Waals surface area contributed by atoms with Crippen LogP contribution in [0.15, 0.2) is 24.3 Å². The summed E-state index contributed by atoms with van der Waals surface area (Å²) in [6, 6.07) is 7.86. The summed E-state index contributed by atoms with van der Waals surface area (Å²) >= 11 is 0. The molecule has 0 bridgehead atoms. The molecular formula is C21H32N2O4S. The molecule has 1 N–H and O–H groups in total. The monoisotopic (exact) mass is 408 g/mol. The number of sulfone groups is 1. The Morgan fingerprint density at radius 3 is 2.61 bits per heavy atom. The normalized spacial score (nSPS) is 23.3. The fourth-order valence-corrected chi connectivity index (χ4v) is 6.08. The van der Waals surface area contributed by atoms with Crippen LogP contribution in [0.1, 0.15) is 57.1 Å². The number of rotatable bonds is 7. The van der Waals surface area contributed by atoms with Crippen molar-refractivity contribution in [2.24, 2.45) is 0 Å². The van der Waals surface area contributed by atoms with Crippen molar-refractivity contribution in [1.82, 2.24) is 4.90 Å². The molecule has 1 saturated heterocycles. The number of anilines is 1. The molecule has 1 aliphatic heterocycles. The van der Waals surface area contributed by atoms with Gasteiger partial charge in [0, 0.05) is 24.9 Å². The summed E-state index contributed by atoms with van der Waals surface area (Å²) in [5.41, 5.74) is 1.92. The Bertz CT molecular complexity index is 774. The topological polar surface area (TPSA) is 75.7 Å². The van der Waals surface area contributed by atoms with E-state index in [0.717, 1.165) is 36.9 Å². The smallest absolute Gasteiger partial charge is 0.242 e. The van der Waals surface area contributed by atoms with Gasteiger partial charge in [-0.25, -0.2) is 8.42 Å². The number of hydrogen-bond donors (Lipinski definition) is 1. The Morgan fingerprint density at radius 1 is 1.21 bits per heavy atom. The molecule has 1 aromatic rings. The van der Waals surface area contributed by atoms with Crippen molar-refractivity contribution in [1.29, 1.82) is 0 Å². The van der Waals surface area contributed by atoms with Gasteiger partial charge in [-0.15, -0.1) is 0 Å². The number of methoxy groups -OCH3 is 1. The van der Waals surface area contributed by atoms with Crippen LogP contribution in [-0.4, -0.2) is 56.5 Å². The van der Waals surface area contributed by atoms with Gasteiger partial charge in [0.05, 0.1) is 24.2 Å². The number of nitrogens with zero attached hydrogens (tertiary/aromatic N) is 1. The fraction of sp³-hybridized carbons (Fsp3) is 0.667. The van der Waals surface area contributed by atoms with Crippen LogP contribution in [0.2, 0.25) is 0 Å². The summed E-state index contributed by atoms with van der Waals surface area (Å²) in [5.74, 6) is 0.299. The van der Waals surface area contributed by atoms with Gasteiger partial charge in [-0.2, -0.15) is 0 Å². The molecule has 1 amide bonds. The van der Waals surface area contributed by atoms with E-state index in [0.29, 0.717) is 6.42 Å². The second-order valence-electron chi connectivity index (χ2n) is 8.01. The van der Waals surface area contributed by atoms with Gasteiger partial charge >= 0.3 is 0 Å². The van der Waals surface area contributed by atoms with Crippen LogP contribution in [0.3, 0.4) is 0 Å². The van der Waals surface area contributed by atoms with Crippen molar-refractivity contribution in [3.8, 4) is 0 Å². The number of hydrogen-bond acceptors (Lipinski definition) is 5. The second kappa shape index (κ2) is 9.27. The predicted octanol–water partition coefficient (Wildman–Crippen LogP) is 3.15. The molecule has 1 saturated carbocycles. The molecule has 1 aliphatic carbocycles. The number of benzene rings is 1. The van der Waals surface area contributed by atoms with E-state index < -0.39 is 9.84 Å². The summed E-state index contributed by atoms with van der Waals surface area (Å²) in [4.78, 5) is 15.0. The van der Waals surface area contributed by atoms with Crippen molar-refractivity contribution < 1.29 is 17.9 Å². The molecule has 28 heavy (non-hydrogen) atoms. The molecule has 0 spiro atoms. The lowest BCUT2D eigenvalue weighted by molar-refractivity contribution is -0.134. The Balaban J connectivity index is 1.69. The number of amides is 1. The van der Waals surface area contributed by atoms with Crippen LogP contribution >= 0.6 is 0 Å². The van der Waals surface area contributed by atoms with Gasteiger partial charge in [0.1, 0.15) is 0 Å². The van der Waals surface area contributed by atoms with E-state index in [1.54, 1.807) is 7.11 Å². The second-order valence-corrected chi connectivity index (χ2v) is 10.2. The first kappa shape index (κ1) is 21.1. The SMILES string of the molecule is COC(C)c1cccc(NCC(=O)N(C2CCCCC2)C2CCS(=O)(=O)C2)c1. The zero-order valence-corrected chi connectivity index (χ0v) is 17.7. The lowest BCUT2D eigenvalue weighted by atomic mass is 9.93. The molecule has 2 unspecified atom stereocenters. The van der Waals surface area contributed by atoms with Crippen molar-refractivity contribution in [2.45, 2.75) is 63.6 Å². The Morgan fingerprint density at radius 2 is 1.96 bits per heavy atom. The third-order valence-corrected chi connectivity index (χ3v) is 7.76. The summed E-state index contributed by atoms with van der Waals surface area (Å²) in [5, 5.41) is 3.23. The third kappa shape index (κ3) is 5.26. The summed E-state index contributed by atoms with van der Waals surface area (Å²) in [7, 11) is -1.35. The van der Waals surface area contributed by atoms with Crippen molar-refractivity contribution >= 4 is 21.4 Å². The molecule has 2 atom stereocenters. The average molecular weight is 409 g/mol. The predicted molar refractivity (Wildman–Crippen MR) is 111 cm³/mol. The molecule has 7 heteroatoms. The maximum Gasteiger partial charge on any atom is 0.242 e. The fourth-order valence-electron chi connectivity index (χ4n) is 4.37. The average Bonchev–Trinajstić information content (AvgIpc) is 3.06. The van der Waals surface area contributed by atoms with E-state index in [4.69, 9.17) is 4.74 Å². The summed E-state index contributed by atoms with van der Waals surface area (Å²) in [6.07, 6.45) is 5.92. The summed E-state index contributed by atoms with van der Waals surface area (Å²) in [6.45, 7) is 2.16. The number of carbonyl (C=O) groups excluding carboxylic acids is 1. The van der Waals surface area contributed by atoms with Gasteiger partial charge in [0.2, 0.25) is 5.91 Å². The third-order valence-electron chi connectivity index (χ3n) is 6.01. The van der Waals surface area contributed by atoms with Gasteiger partial charge in [-0.05, 0) is 43.9 Å². The first-order valence-corrected chi connectivity index (χ1v) is 12.1. The van der Waals surface area contributed by atoms with E-state index in [1.807, 2.05) is 36.1 Å². The van der Waals surface area contributed by atoms with Crippen LogP contribution in [0.4, 0.5) is 5.69 Å². The van der Waals surface area contributed by atoms with Gasteiger partial charge in [0.25, 0.3) is 0 Å². The van der Waals surface area contributed by atoms with Crippen LogP contribution in [0, 0.1) is 0 Å². The minimum Gasteiger partial charge on any atom is -0.377 e. The van der Waals surface area contributed by atoms with Crippen LogP contribution in [0.5, 0.6) is 0 Å². The first-order valence-electron chi connectivity index (χ1n) is 10.3. The Hall–Kier alpha value is -1.60. The molecule has 6 nitrogen and oxygen atoms in total. The van der Waals surface area contributed by atoms with Crippen LogP contribution in [0.25, 0.3) is 0 Å². The molecule has 156 valence electrons. The molecule has 1 heterocycles. The largest absolute Gasteiger partial charge is 0.377 e. The molecule has 2 fully saturated rings. The number of carbonyl (C=O) groups is 1. The minimum absolute atomic E-state index is 0.000747. The highest BCUT2D eigenvalue weighted by atomic mass is 32.2. The highest BCUT2D eigenvalue weighted by Crippen LogP contribution is 2.28. The molecule has 2 aliphatic rings. The van der Waals surface area contributed by atoms with E-state index >= 15 is 0 Å². The molecular weight excluding hydrogens is 376 g/mol. The zero-order chi connectivity index (χ0) is 20.1. The van der Waals surface area contributed by atoms with Crippen molar-refractivity contribution in [3.05, 3.63) is 29.8 Å². The summed E-state index contributed by atoms with van der Waals surface area (Å²) < 4.78 is 29.4. The van der Waals surface area contributed by atoms with Gasteiger partial charge in [-0.3, -0.25) is 4.79 Å². The molecule has 3 rings (SSSR count). The van der Waals surface area contributed by atoms with E-state index in [2.05, 4.69) is 5.32 Å². The maximum absolute atomic E-state index is 13.1. The van der Waals surface area contributed by atoms with E-state index in [-0.39, 0.29) is 42.1 Å². The van der Waals surface area contributed by atoms with E-state index in [9.17, 15) is 13.2 Å². The molecule has 0 radical (unpaired) electrons. The van der Waals surface area contributed by atoms with E-state index in [1.165, 1.54) is 6.42 Å². The first-order chi connectivity index (χ1) is 13.4. The maximum atomic E-state index is 13.1. The molecule has 1 aromatic carbocycles. The number of ether oxygens (including phenoxy) is 1. The Kier molecular flexibility index (Phi) is 6.99. The van der Waals surface area contributed by atoms with Crippen molar-refractivity contribution in [3.63, 3.8) is 0 Å². The zero-order valence-electron chi connectivity index (χ0n) is 16.9.